The molecule has 0 radical (unpaired) electrons. The van der Waals surface area contributed by atoms with Crippen LogP contribution >= 0.6 is 0 Å². The highest BCUT2D eigenvalue weighted by atomic mass is 19.1. The van der Waals surface area contributed by atoms with Crippen LogP contribution in [0.25, 0.3) is 0 Å². The molecule has 21 heavy (non-hydrogen) atoms. The van der Waals surface area contributed by atoms with Crippen molar-refractivity contribution in [3.63, 3.8) is 0 Å². The Morgan fingerprint density at radius 1 is 0.905 bits per heavy atom. The first-order valence-electron chi connectivity index (χ1n) is 6.07. The fourth-order valence-corrected chi connectivity index (χ4v) is 2.26. The maximum Gasteiger partial charge on any atom is 0.299 e. The van der Waals surface area contributed by atoms with Gasteiger partial charge in [-0.2, -0.15) is 0 Å². The molecule has 0 atom stereocenters. The molecular formula is C15H8F3NO2. The Labute approximate surface area is 117 Å². The van der Waals surface area contributed by atoms with Crippen molar-refractivity contribution in [1.82, 2.24) is 0 Å². The van der Waals surface area contributed by atoms with Crippen LogP contribution in [0.3, 0.4) is 0 Å². The van der Waals surface area contributed by atoms with E-state index in [1.165, 1.54) is 6.07 Å². The van der Waals surface area contributed by atoms with Crippen molar-refractivity contribution < 1.29 is 22.8 Å². The lowest BCUT2D eigenvalue weighted by Crippen LogP contribution is -2.29. The lowest BCUT2D eigenvalue weighted by Gasteiger charge is -2.17. The quantitative estimate of drug-likeness (QED) is 0.798. The van der Waals surface area contributed by atoms with E-state index in [-0.39, 0.29) is 23.4 Å². The first-order chi connectivity index (χ1) is 9.97. The summed E-state index contributed by atoms with van der Waals surface area (Å²) in [5.41, 5.74) is 0.0279. The Balaban J connectivity index is 2.04. The highest BCUT2D eigenvalue weighted by Crippen LogP contribution is 2.31. The van der Waals surface area contributed by atoms with Crippen LogP contribution in [-0.4, -0.2) is 11.7 Å². The second kappa shape index (κ2) is 4.73. The molecule has 2 aromatic rings. The Morgan fingerprint density at radius 3 is 2.33 bits per heavy atom. The third-order valence-corrected chi connectivity index (χ3v) is 3.27. The lowest BCUT2D eigenvalue weighted by molar-refractivity contribution is -0.114. The average molecular weight is 291 g/mol. The van der Waals surface area contributed by atoms with Gasteiger partial charge in [-0.3, -0.25) is 9.59 Å². The average Bonchev–Trinajstić information content (AvgIpc) is 2.67. The van der Waals surface area contributed by atoms with Crippen molar-refractivity contribution in [2.75, 3.05) is 4.90 Å². The van der Waals surface area contributed by atoms with Crippen molar-refractivity contribution in [2.24, 2.45) is 0 Å². The monoisotopic (exact) mass is 291 g/mol. The molecule has 0 N–H and O–H groups in total. The molecule has 0 bridgehead atoms. The second-order valence-corrected chi connectivity index (χ2v) is 4.62. The van der Waals surface area contributed by atoms with E-state index in [0.717, 1.165) is 35.2 Å². The predicted molar refractivity (Wildman–Crippen MR) is 68.3 cm³/mol. The minimum atomic E-state index is -0.890. The van der Waals surface area contributed by atoms with Gasteiger partial charge >= 0.3 is 0 Å². The van der Waals surface area contributed by atoms with Crippen molar-refractivity contribution in [1.29, 1.82) is 0 Å². The second-order valence-electron chi connectivity index (χ2n) is 4.62. The molecule has 0 fully saturated rings. The molecule has 0 saturated heterocycles. The van der Waals surface area contributed by atoms with Crippen LogP contribution in [0.4, 0.5) is 18.9 Å². The van der Waals surface area contributed by atoms with E-state index in [1.54, 1.807) is 0 Å². The minimum Gasteiger partial charge on any atom is -0.300 e. The summed E-state index contributed by atoms with van der Waals surface area (Å²) >= 11 is 0. The number of Topliss-reactive ketones (excluding diaryl/α,β-unsaturated/α-hetero) is 1. The van der Waals surface area contributed by atoms with Gasteiger partial charge in [0.2, 0.25) is 0 Å². The standard InChI is InChI=1S/C15H8F3NO2/c16-9-2-4-12(18)8(5-9)7-19-13-6-10(17)1-3-11(13)14(20)15(19)21/h1-6H,7H2. The summed E-state index contributed by atoms with van der Waals surface area (Å²) in [6.45, 7) is -0.343. The number of nitrogens with zero attached hydrogens (tertiary/aromatic N) is 1. The van der Waals surface area contributed by atoms with Crippen molar-refractivity contribution in [2.45, 2.75) is 6.54 Å². The summed E-state index contributed by atoms with van der Waals surface area (Å²) < 4.78 is 40.1. The number of amides is 1. The molecular weight excluding hydrogens is 283 g/mol. The van der Waals surface area contributed by atoms with E-state index in [4.69, 9.17) is 0 Å². The van der Waals surface area contributed by atoms with Gasteiger partial charge < -0.3 is 4.90 Å². The molecule has 1 amide bonds. The summed E-state index contributed by atoms with van der Waals surface area (Å²) in [5, 5.41) is 0. The molecule has 0 aromatic heterocycles. The Bertz CT molecular complexity index is 774. The third-order valence-electron chi connectivity index (χ3n) is 3.27. The normalized spacial score (nSPS) is 13.8. The van der Waals surface area contributed by atoms with Gasteiger partial charge in [0.25, 0.3) is 11.7 Å². The first kappa shape index (κ1) is 13.4. The third kappa shape index (κ3) is 2.18. The zero-order valence-corrected chi connectivity index (χ0v) is 10.6. The zero-order chi connectivity index (χ0) is 15.1. The molecule has 0 unspecified atom stereocenters. The van der Waals surface area contributed by atoms with E-state index >= 15 is 0 Å². The van der Waals surface area contributed by atoms with Crippen LogP contribution in [0.1, 0.15) is 15.9 Å². The number of ketones is 1. The van der Waals surface area contributed by atoms with E-state index in [2.05, 4.69) is 0 Å². The number of hydrogen-bond donors (Lipinski definition) is 0. The summed E-state index contributed by atoms with van der Waals surface area (Å²) in [6, 6.07) is 6.10. The highest BCUT2D eigenvalue weighted by molar-refractivity contribution is 6.52. The fraction of sp³-hybridized carbons (Fsp3) is 0.0667. The molecule has 1 heterocycles. The van der Waals surface area contributed by atoms with Crippen LogP contribution in [0.2, 0.25) is 0 Å². The number of carbonyl (C=O) groups excluding carboxylic acids is 2. The van der Waals surface area contributed by atoms with Gasteiger partial charge in [-0.05, 0) is 36.4 Å². The SMILES string of the molecule is O=C1C(=O)N(Cc2cc(F)ccc2F)c2cc(F)ccc21. The number of anilines is 1. The molecule has 1 aliphatic heterocycles. The number of hydrogen-bond acceptors (Lipinski definition) is 2. The molecule has 6 heteroatoms. The number of rotatable bonds is 2. The van der Waals surface area contributed by atoms with Gasteiger partial charge in [0.15, 0.2) is 0 Å². The Kier molecular flexibility index (Phi) is 3.01. The largest absolute Gasteiger partial charge is 0.300 e. The number of halogens is 3. The maximum absolute atomic E-state index is 13.6. The van der Waals surface area contributed by atoms with Crippen LogP contribution in [0.15, 0.2) is 36.4 Å². The molecule has 0 saturated carbocycles. The molecule has 1 aliphatic rings. The molecule has 3 nitrogen and oxygen atoms in total. The zero-order valence-electron chi connectivity index (χ0n) is 10.6. The first-order valence-corrected chi connectivity index (χ1v) is 6.07. The van der Waals surface area contributed by atoms with Gasteiger partial charge in [0, 0.05) is 5.56 Å². The summed E-state index contributed by atoms with van der Waals surface area (Å²) in [6.07, 6.45) is 0. The highest BCUT2D eigenvalue weighted by Gasteiger charge is 2.36. The van der Waals surface area contributed by atoms with E-state index in [0.29, 0.717) is 0 Å². The Morgan fingerprint density at radius 2 is 1.57 bits per heavy atom. The summed E-state index contributed by atoms with van der Waals surface area (Å²) in [7, 11) is 0. The smallest absolute Gasteiger partial charge is 0.299 e. The Hall–Kier alpha value is -2.63. The van der Waals surface area contributed by atoms with Crippen molar-refractivity contribution in [3.8, 4) is 0 Å². The van der Waals surface area contributed by atoms with Crippen LogP contribution in [-0.2, 0) is 11.3 Å². The lowest BCUT2D eigenvalue weighted by atomic mass is 10.1. The summed E-state index contributed by atoms with van der Waals surface area (Å²) in [5.74, 6) is -3.67. The number of benzene rings is 2. The molecule has 106 valence electrons. The fourth-order valence-electron chi connectivity index (χ4n) is 2.26. The molecule has 0 spiro atoms. The van der Waals surface area contributed by atoms with E-state index < -0.39 is 29.1 Å². The van der Waals surface area contributed by atoms with Crippen molar-refractivity contribution in [3.05, 3.63) is 65.0 Å². The van der Waals surface area contributed by atoms with Crippen LogP contribution in [0.5, 0.6) is 0 Å². The van der Waals surface area contributed by atoms with Gasteiger partial charge in [0.1, 0.15) is 17.5 Å². The molecule has 0 aliphatic carbocycles. The maximum atomic E-state index is 13.6. The number of fused-ring (bicyclic) bond motifs is 1. The van der Waals surface area contributed by atoms with Crippen molar-refractivity contribution >= 4 is 17.4 Å². The topological polar surface area (TPSA) is 37.4 Å². The van der Waals surface area contributed by atoms with Gasteiger partial charge in [-0.15, -0.1) is 0 Å². The summed E-state index contributed by atoms with van der Waals surface area (Å²) in [4.78, 5) is 24.6. The van der Waals surface area contributed by atoms with E-state index in [9.17, 15) is 22.8 Å². The molecule has 3 rings (SSSR count). The predicted octanol–water partition coefficient (Wildman–Crippen LogP) is 2.83. The minimum absolute atomic E-state index is 0.0539. The van der Waals surface area contributed by atoms with Gasteiger partial charge in [0.05, 0.1) is 17.8 Å². The van der Waals surface area contributed by atoms with Gasteiger partial charge in [-0.25, -0.2) is 13.2 Å². The van der Waals surface area contributed by atoms with E-state index in [1.807, 2.05) is 0 Å². The van der Waals surface area contributed by atoms with Gasteiger partial charge in [-0.1, -0.05) is 0 Å². The number of carbonyl (C=O) groups is 2. The van der Waals surface area contributed by atoms with Crippen LogP contribution < -0.4 is 4.90 Å². The van der Waals surface area contributed by atoms with Crippen LogP contribution in [0, 0.1) is 17.5 Å². The molecule has 2 aromatic carbocycles.